The first-order valence-electron chi connectivity index (χ1n) is 4.41. The first-order valence-corrected chi connectivity index (χ1v) is 4.41. The van der Waals surface area contributed by atoms with Crippen LogP contribution in [0, 0.1) is 11.6 Å². The van der Waals surface area contributed by atoms with Gasteiger partial charge in [-0.3, -0.25) is 9.89 Å². The molecule has 1 heterocycles. The van der Waals surface area contributed by atoms with Crippen LogP contribution in [-0.2, 0) is 0 Å². The van der Waals surface area contributed by atoms with Gasteiger partial charge in [-0.15, -0.1) is 0 Å². The number of carbonyl (C=O) groups is 1. The maximum absolute atomic E-state index is 12.8. The van der Waals surface area contributed by atoms with Crippen LogP contribution < -0.4 is 5.32 Å². The lowest BCUT2D eigenvalue weighted by Crippen LogP contribution is -2.11. The van der Waals surface area contributed by atoms with Gasteiger partial charge in [0.2, 0.25) is 0 Å². The molecule has 0 saturated carbocycles. The van der Waals surface area contributed by atoms with Crippen molar-refractivity contribution >= 4 is 11.6 Å². The van der Waals surface area contributed by atoms with Crippen molar-refractivity contribution in [3.63, 3.8) is 0 Å². The average molecular weight is 223 g/mol. The smallest absolute Gasteiger partial charge is 0.258 e. The summed E-state index contributed by atoms with van der Waals surface area (Å²) in [5, 5.41) is 8.39. The van der Waals surface area contributed by atoms with Crippen LogP contribution in [0.5, 0.6) is 0 Å². The van der Waals surface area contributed by atoms with Crippen molar-refractivity contribution in [2.75, 3.05) is 5.32 Å². The van der Waals surface area contributed by atoms with Gasteiger partial charge in [0.1, 0.15) is 11.6 Å². The summed E-state index contributed by atoms with van der Waals surface area (Å²) in [6, 6.07) is 2.79. The Hall–Kier alpha value is -2.24. The van der Waals surface area contributed by atoms with Gasteiger partial charge >= 0.3 is 0 Å². The molecule has 82 valence electrons. The van der Waals surface area contributed by atoms with Gasteiger partial charge in [0, 0.05) is 18.0 Å². The second kappa shape index (κ2) is 4.09. The lowest BCUT2D eigenvalue weighted by molar-refractivity contribution is 0.102. The Morgan fingerprint density at radius 2 is 1.94 bits per heavy atom. The van der Waals surface area contributed by atoms with E-state index in [1.165, 1.54) is 12.4 Å². The number of H-pyrrole nitrogens is 1. The van der Waals surface area contributed by atoms with E-state index in [4.69, 9.17) is 0 Å². The van der Waals surface area contributed by atoms with E-state index in [0.717, 1.165) is 18.2 Å². The number of nitrogens with one attached hydrogen (secondary N) is 2. The molecule has 0 aliphatic heterocycles. The molecule has 2 rings (SSSR count). The van der Waals surface area contributed by atoms with Crippen LogP contribution in [-0.4, -0.2) is 16.1 Å². The zero-order chi connectivity index (χ0) is 11.5. The highest BCUT2D eigenvalue weighted by Crippen LogP contribution is 2.13. The summed E-state index contributed by atoms with van der Waals surface area (Å²) in [4.78, 5) is 11.5. The summed E-state index contributed by atoms with van der Waals surface area (Å²) in [6.07, 6.45) is 2.69. The van der Waals surface area contributed by atoms with Crippen molar-refractivity contribution in [2.24, 2.45) is 0 Å². The quantitative estimate of drug-likeness (QED) is 0.817. The van der Waals surface area contributed by atoms with Crippen LogP contribution in [0.15, 0.2) is 30.6 Å². The van der Waals surface area contributed by atoms with Gasteiger partial charge in [-0.25, -0.2) is 8.78 Å². The van der Waals surface area contributed by atoms with E-state index < -0.39 is 17.5 Å². The second-order valence-electron chi connectivity index (χ2n) is 3.10. The molecule has 2 N–H and O–H groups in total. The molecule has 1 amide bonds. The fourth-order valence-corrected chi connectivity index (χ4v) is 1.20. The van der Waals surface area contributed by atoms with Gasteiger partial charge in [0.25, 0.3) is 5.91 Å². The van der Waals surface area contributed by atoms with Crippen molar-refractivity contribution < 1.29 is 13.6 Å². The maximum Gasteiger partial charge on any atom is 0.258 e. The van der Waals surface area contributed by atoms with Crippen molar-refractivity contribution in [3.8, 4) is 0 Å². The third-order valence-electron chi connectivity index (χ3n) is 1.88. The van der Waals surface area contributed by atoms with Gasteiger partial charge in [-0.2, -0.15) is 5.10 Å². The number of halogens is 2. The molecule has 0 saturated heterocycles. The standard InChI is InChI=1S/C10H7F2N3O/c11-7-1-8(12)3-9(2-7)15-10(16)6-4-13-14-5-6/h1-5H,(H,13,14)(H,15,16). The van der Waals surface area contributed by atoms with E-state index >= 15 is 0 Å². The molecule has 6 heteroatoms. The topological polar surface area (TPSA) is 57.8 Å². The average Bonchev–Trinajstić information content (AvgIpc) is 2.68. The fourth-order valence-electron chi connectivity index (χ4n) is 1.20. The molecule has 1 aromatic carbocycles. The zero-order valence-corrected chi connectivity index (χ0v) is 8.00. The minimum absolute atomic E-state index is 0.0590. The van der Waals surface area contributed by atoms with Crippen LogP contribution in [0.25, 0.3) is 0 Å². The van der Waals surface area contributed by atoms with E-state index in [1.54, 1.807) is 0 Å². The molecular formula is C10H7F2N3O. The summed E-state index contributed by atoms with van der Waals surface area (Å²) in [5.74, 6) is -1.98. The second-order valence-corrected chi connectivity index (χ2v) is 3.10. The summed E-state index contributed by atoms with van der Waals surface area (Å²) in [5.41, 5.74) is 0.341. The number of rotatable bonds is 2. The number of amides is 1. The van der Waals surface area contributed by atoms with Gasteiger partial charge in [-0.1, -0.05) is 0 Å². The molecule has 0 atom stereocenters. The monoisotopic (exact) mass is 223 g/mol. The largest absolute Gasteiger partial charge is 0.322 e. The normalized spacial score (nSPS) is 10.1. The van der Waals surface area contributed by atoms with Crippen LogP contribution in [0.4, 0.5) is 14.5 Å². The maximum atomic E-state index is 12.8. The van der Waals surface area contributed by atoms with Gasteiger partial charge in [-0.05, 0) is 12.1 Å². The Labute approximate surface area is 89.3 Å². The van der Waals surface area contributed by atoms with E-state index in [2.05, 4.69) is 15.5 Å². The first-order chi connectivity index (χ1) is 7.65. The lowest BCUT2D eigenvalue weighted by atomic mass is 10.2. The van der Waals surface area contributed by atoms with Crippen LogP contribution >= 0.6 is 0 Å². The van der Waals surface area contributed by atoms with E-state index in [0.29, 0.717) is 0 Å². The zero-order valence-electron chi connectivity index (χ0n) is 8.00. The molecule has 0 bridgehead atoms. The molecule has 0 unspecified atom stereocenters. The van der Waals surface area contributed by atoms with Crippen molar-refractivity contribution in [3.05, 3.63) is 47.8 Å². The van der Waals surface area contributed by atoms with Gasteiger partial charge < -0.3 is 5.32 Å². The Morgan fingerprint density at radius 1 is 1.25 bits per heavy atom. The predicted molar refractivity (Wildman–Crippen MR) is 52.9 cm³/mol. The lowest BCUT2D eigenvalue weighted by Gasteiger charge is -2.03. The number of benzene rings is 1. The van der Waals surface area contributed by atoms with Gasteiger partial charge in [0.15, 0.2) is 0 Å². The molecule has 0 aliphatic rings. The Balaban J connectivity index is 2.18. The van der Waals surface area contributed by atoms with Crippen LogP contribution in [0.3, 0.4) is 0 Å². The van der Waals surface area contributed by atoms with E-state index in [-0.39, 0.29) is 11.3 Å². The Bertz CT molecular complexity index is 491. The Morgan fingerprint density at radius 3 is 2.50 bits per heavy atom. The molecule has 0 aliphatic carbocycles. The highest BCUT2D eigenvalue weighted by atomic mass is 19.1. The van der Waals surface area contributed by atoms with Crippen molar-refractivity contribution in [1.29, 1.82) is 0 Å². The van der Waals surface area contributed by atoms with E-state index in [9.17, 15) is 13.6 Å². The minimum atomic E-state index is -0.748. The number of hydrogen-bond acceptors (Lipinski definition) is 2. The SMILES string of the molecule is O=C(Nc1cc(F)cc(F)c1)c1cn[nH]c1. The third kappa shape index (κ3) is 2.22. The van der Waals surface area contributed by atoms with Crippen LogP contribution in [0.1, 0.15) is 10.4 Å². The fraction of sp³-hybridized carbons (Fsp3) is 0. The number of anilines is 1. The molecule has 16 heavy (non-hydrogen) atoms. The highest BCUT2D eigenvalue weighted by Gasteiger charge is 2.08. The minimum Gasteiger partial charge on any atom is -0.322 e. The molecule has 2 aromatic rings. The number of aromatic nitrogens is 2. The summed E-state index contributed by atoms with van der Waals surface area (Å²) < 4.78 is 25.6. The molecular weight excluding hydrogens is 216 g/mol. The third-order valence-corrected chi connectivity index (χ3v) is 1.88. The number of carbonyl (C=O) groups excluding carboxylic acids is 1. The number of hydrogen-bond donors (Lipinski definition) is 2. The summed E-state index contributed by atoms with van der Waals surface area (Å²) in [6.45, 7) is 0. The van der Waals surface area contributed by atoms with Crippen molar-refractivity contribution in [2.45, 2.75) is 0 Å². The number of aromatic amines is 1. The van der Waals surface area contributed by atoms with Crippen molar-refractivity contribution in [1.82, 2.24) is 10.2 Å². The van der Waals surface area contributed by atoms with Crippen LogP contribution in [0.2, 0.25) is 0 Å². The predicted octanol–water partition coefficient (Wildman–Crippen LogP) is 1.94. The van der Waals surface area contributed by atoms with E-state index in [1.807, 2.05) is 0 Å². The summed E-state index contributed by atoms with van der Waals surface area (Å²) >= 11 is 0. The number of nitrogens with zero attached hydrogens (tertiary/aromatic N) is 1. The summed E-state index contributed by atoms with van der Waals surface area (Å²) in [7, 11) is 0. The highest BCUT2D eigenvalue weighted by molar-refractivity contribution is 6.03. The molecule has 0 radical (unpaired) electrons. The molecule has 4 nitrogen and oxygen atoms in total. The Kier molecular flexibility index (Phi) is 2.63. The first kappa shape index (κ1) is 10.3. The molecule has 1 aromatic heterocycles. The molecule has 0 fully saturated rings. The van der Waals surface area contributed by atoms with Gasteiger partial charge in [0.05, 0.1) is 11.8 Å². The molecule has 0 spiro atoms.